The summed E-state index contributed by atoms with van der Waals surface area (Å²) < 4.78 is 2.72. The van der Waals surface area contributed by atoms with Crippen molar-refractivity contribution in [1.29, 1.82) is 0 Å². The van der Waals surface area contributed by atoms with Gasteiger partial charge in [-0.1, -0.05) is 80.6 Å². The summed E-state index contributed by atoms with van der Waals surface area (Å²) in [5.41, 5.74) is 4.05. The highest BCUT2D eigenvalue weighted by atomic mass is 32.1. The second-order valence-electron chi connectivity index (χ2n) is 7.21. The molecule has 5 aromatic rings. The Hall–Kier alpha value is -2.64. The molecule has 0 unspecified atom stereocenters. The van der Waals surface area contributed by atoms with Crippen LogP contribution in [0, 0.1) is 0 Å². The van der Waals surface area contributed by atoms with E-state index in [1.807, 2.05) is 11.3 Å². The van der Waals surface area contributed by atoms with Gasteiger partial charge in [0.05, 0.1) is 0 Å². The number of rotatable bonds is 2. The molecule has 0 aliphatic rings. The van der Waals surface area contributed by atoms with Crippen molar-refractivity contribution in [2.75, 3.05) is 0 Å². The Morgan fingerprint density at radius 2 is 1.31 bits per heavy atom. The Morgan fingerprint density at radius 1 is 0.615 bits per heavy atom. The normalized spacial score (nSPS) is 11.8. The Kier molecular flexibility index (Phi) is 3.58. The van der Waals surface area contributed by atoms with Gasteiger partial charge in [-0.15, -0.1) is 11.3 Å². The average Bonchev–Trinajstić information content (AvgIpc) is 3.04. The molecule has 0 saturated carbocycles. The van der Waals surface area contributed by atoms with Crippen LogP contribution in [0.25, 0.3) is 42.1 Å². The van der Waals surface area contributed by atoms with Gasteiger partial charge in [-0.2, -0.15) is 0 Å². The summed E-state index contributed by atoms with van der Waals surface area (Å²) in [6.07, 6.45) is 0. The molecular formula is C25H20S. The maximum absolute atomic E-state index is 2.36. The third-order valence-corrected chi connectivity index (χ3v) is 6.40. The second-order valence-corrected chi connectivity index (χ2v) is 8.30. The number of hydrogen-bond donors (Lipinski definition) is 0. The topological polar surface area (TPSA) is 0 Å². The molecule has 0 saturated heterocycles. The number of fused-ring (bicyclic) bond motifs is 4. The lowest BCUT2D eigenvalue weighted by molar-refractivity contribution is 0.876. The van der Waals surface area contributed by atoms with E-state index in [0.29, 0.717) is 5.92 Å². The van der Waals surface area contributed by atoms with E-state index in [4.69, 9.17) is 0 Å². The summed E-state index contributed by atoms with van der Waals surface area (Å²) in [4.78, 5) is 0. The van der Waals surface area contributed by atoms with Gasteiger partial charge in [0.15, 0.2) is 0 Å². The second kappa shape index (κ2) is 5.96. The van der Waals surface area contributed by atoms with Gasteiger partial charge < -0.3 is 0 Å². The Bertz CT molecular complexity index is 1260. The molecule has 0 aliphatic carbocycles. The molecule has 1 aromatic heterocycles. The minimum absolute atomic E-state index is 0.527. The fraction of sp³-hybridized carbons (Fsp3) is 0.120. The van der Waals surface area contributed by atoms with E-state index < -0.39 is 0 Å². The zero-order valence-corrected chi connectivity index (χ0v) is 15.8. The summed E-state index contributed by atoms with van der Waals surface area (Å²) in [6.45, 7) is 4.54. The van der Waals surface area contributed by atoms with E-state index in [-0.39, 0.29) is 0 Å². The van der Waals surface area contributed by atoms with E-state index >= 15 is 0 Å². The SMILES string of the molecule is CC(C)c1ccc(-c2ccc3c(c2)sc2ccccc23)c2ccccc12. The quantitative estimate of drug-likeness (QED) is 0.302. The van der Waals surface area contributed by atoms with Crippen LogP contribution in [-0.2, 0) is 0 Å². The summed E-state index contributed by atoms with van der Waals surface area (Å²) in [7, 11) is 0. The van der Waals surface area contributed by atoms with E-state index in [1.54, 1.807) is 0 Å². The van der Waals surface area contributed by atoms with Gasteiger partial charge in [-0.3, -0.25) is 0 Å². The molecule has 0 atom stereocenters. The lowest BCUT2D eigenvalue weighted by Gasteiger charge is -2.14. The first-order valence-corrected chi connectivity index (χ1v) is 9.97. The molecule has 1 heteroatoms. The third kappa shape index (κ3) is 2.35. The van der Waals surface area contributed by atoms with Crippen LogP contribution in [-0.4, -0.2) is 0 Å². The molecule has 0 nitrogen and oxygen atoms in total. The van der Waals surface area contributed by atoms with Crippen LogP contribution in [0.3, 0.4) is 0 Å². The highest BCUT2D eigenvalue weighted by Gasteiger charge is 2.11. The van der Waals surface area contributed by atoms with Crippen molar-refractivity contribution >= 4 is 42.3 Å². The van der Waals surface area contributed by atoms with Gasteiger partial charge in [0.25, 0.3) is 0 Å². The molecule has 126 valence electrons. The monoisotopic (exact) mass is 352 g/mol. The van der Waals surface area contributed by atoms with E-state index in [2.05, 4.69) is 92.7 Å². The molecule has 0 N–H and O–H groups in total. The highest BCUT2D eigenvalue weighted by Crippen LogP contribution is 2.39. The standard InChI is InChI=1S/C25H20S/c1-16(2)18-13-14-19(21-8-4-3-7-20(18)21)17-11-12-23-22-9-5-6-10-24(22)26-25(23)15-17/h3-16H,1-2H3. The third-order valence-electron chi connectivity index (χ3n) is 5.27. The largest absolute Gasteiger partial charge is 0.135 e. The Labute approximate surface area is 157 Å². The van der Waals surface area contributed by atoms with E-state index in [1.165, 1.54) is 47.6 Å². The van der Waals surface area contributed by atoms with Crippen molar-refractivity contribution in [3.8, 4) is 11.1 Å². The van der Waals surface area contributed by atoms with Gasteiger partial charge in [0.1, 0.15) is 0 Å². The van der Waals surface area contributed by atoms with Crippen LogP contribution < -0.4 is 0 Å². The maximum Gasteiger partial charge on any atom is 0.0361 e. The van der Waals surface area contributed by atoms with Crippen LogP contribution in [0.4, 0.5) is 0 Å². The molecular weight excluding hydrogens is 332 g/mol. The molecule has 26 heavy (non-hydrogen) atoms. The lowest BCUT2D eigenvalue weighted by atomic mass is 9.90. The fourth-order valence-electron chi connectivity index (χ4n) is 3.97. The molecule has 0 bridgehead atoms. The number of hydrogen-bond acceptors (Lipinski definition) is 1. The van der Waals surface area contributed by atoms with Crippen molar-refractivity contribution < 1.29 is 0 Å². The molecule has 0 fully saturated rings. The summed E-state index contributed by atoms with van der Waals surface area (Å²) in [5, 5.41) is 5.44. The lowest BCUT2D eigenvalue weighted by Crippen LogP contribution is -1.91. The fourth-order valence-corrected chi connectivity index (χ4v) is 5.12. The van der Waals surface area contributed by atoms with E-state index in [0.717, 1.165) is 0 Å². The van der Waals surface area contributed by atoms with Crippen molar-refractivity contribution in [1.82, 2.24) is 0 Å². The summed E-state index contributed by atoms with van der Waals surface area (Å²) >= 11 is 1.88. The first-order chi connectivity index (χ1) is 12.7. The van der Waals surface area contributed by atoms with Crippen LogP contribution in [0.5, 0.6) is 0 Å². The van der Waals surface area contributed by atoms with E-state index in [9.17, 15) is 0 Å². The van der Waals surface area contributed by atoms with Crippen molar-refractivity contribution in [3.63, 3.8) is 0 Å². The van der Waals surface area contributed by atoms with Crippen LogP contribution in [0.15, 0.2) is 78.9 Å². The van der Waals surface area contributed by atoms with Gasteiger partial charge in [-0.05, 0) is 45.5 Å². The van der Waals surface area contributed by atoms with Gasteiger partial charge in [0, 0.05) is 20.2 Å². The minimum atomic E-state index is 0.527. The minimum Gasteiger partial charge on any atom is -0.135 e. The molecule has 5 rings (SSSR count). The maximum atomic E-state index is 2.36. The van der Waals surface area contributed by atoms with Crippen LogP contribution >= 0.6 is 11.3 Å². The Balaban J connectivity index is 1.77. The molecule has 0 spiro atoms. The van der Waals surface area contributed by atoms with Gasteiger partial charge >= 0.3 is 0 Å². The van der Waals surface area contributed by atoms with Crippen molar-refractivity contribution in [3.05, 3.63) is 84.4 Å². The smallest absolute Gasteiger partial charge is 0.0361 e. The number of thiophene rings is 1. The van der Waals surface area contributed by atoms with Gasteiger partial charge in [-0.25, -0.2) is 0 Å². The van der Waals surface area contributed by atoms with Gasteiger partial charge in [0.2, 0.25) is 0 Å². The molecule has 1 heterocycles. The highest BCUT2D eigenvalue weighted by molar-refractivity contribution is 7.25. The molecule has 0 radical (unpaired) electrons. The number of benzene rings is 4. The molecule has 4 aromatic carbocycles. The summed E-state index contributed by atoms with van der Waals surface area (Å²) in [6, 6.07) is 29.0. The zero-order chi connectivity index (χ0) is 17.7. The molecule has 0 aliphatic heterocycles. The first kappa shape index (κ1) is 15.6. The summed E-state index contributed by atoms with van der Waals surface area (Å²) in [5.74, 6) is 0.527. The predicted octanol–water partition coefficient (Wildman–Crippen LogP) is 8.00. The van der Waals surface area contributed by atoms with Crippen LogP contribution in [0.2, 0.25) is 0 Å². The van der Waals surface area contributed by atoms with Crippen molar-refractivity contribution in [2.45, 2.75) is 19.8 Å². The average molecular weight is 353 g/mol. The van der Waals surface area contributed by atoms with Crippen molar-refractivity contribution in [2.24, 2.45) is 0 Å². The first-order valence-electron chi connectivity index (χ1n) is 9.16. The predicted molar refractivity (Wildman–Crippen MR) is 116 cm³/mol. The van der Waals surface area contributed by atoms with Crippen LogP contribution in [0.1, 0.15) is 25.3 Å². The Morgan fingerprint density at radius 3 is 2.12 bits per heavy atom. The molecule has 0 amide bonds. The zero-order valence-electron chi connectivity index (χ0n) is 15.0.